The third-order valence-corrected chi connectivity index (χ3v) is 7.29. The molecule has 5 rings (SSSR count). The van der Waals surface area contributed by atoms with E-state index in [2.05, 4.69) is 21.7 Å². The second-order valence-electron chi connectivity index (χ2n) is 9.33. The number of thiophene rings is 1. The minimum atomic E-state index is -0.891. The highest BCUT2D eigenvalue weighted by atomic mass is 35.5. The standard InChI is InChI=1S/C28H25ClN2O3S/c1-28(2,27(32)33)15-22-13-19-14-23(34-17-21-7-10-26-24(30-21)11-12-35-26)8-9-25(19)31(22)16-18-3-5-20(29)6-4-18/h3-14H,15-17H2,1-2H3,(H,32,33). The zero-order valence-corrected chi connectivity index (χ0v) is 21.1. The Morgan fingerprint density at radius 1 is 1.09 bits per heavy atom. The van der Waals surface area contributed by atoms with Gasteiger partial charge in [0.25, 0.3) is 0 Å². The summed E-state index contributed by atoms with van der Waals surface area (Å²) in [5, 5.41) is 13.4. The second kappa shape index (κ2) is 9.36. The van der Waals surface area contributed by atoms with Crippen molar-refractivity contribution in [2.45, 2.75) is 33.4 Å². The molecule has 0 radical (unpaired) electrons. The molecule has 178 valence electrons. The summed E-state index contributed by atoms with van der Waals surface area (Å²) in [4.78, 5) is 16.5. The van der Waals surface area contributed by atoms with Gasteiger partial charge in [-0.25, -0.2) is 4.98 Å². The number of carboxylic acid groups (broad SMARTS) is 1. The zero-order valence-electron chi connectivity index (χ0n) is 19.5. The summed E-state index contributed by atoms with van der Waals surface area (Å²) in [7, 11) is 0. The molecule has 0 spiro atoms. The number of fused-ring (bicyclic) bond motifs is 2. The lowest BCUT2D eigenvalue weighted by Crippen LogP contribution is -2.27. The average Bonchev–Trinajstić information content (AvgIpc) is 3.42. The molecule has 7 heteroatoms. The predicted molar refractivity (Wildman–Crippen MR) is 142 cm³/mol. The first-order chi connectivity index (χ1) is 16.8. The SMILES string of the molecule is CC(C)(Cc1cc2cc(OCc3ccc4sccc4n3)ccc2n1Cc1ccc(Cl)cc1)C(=O)O. The molecule has 0 atom stereocenters. The van der Waals surface area contributed by atoms with Crippen LogP contribution in [0.4, 0.5) is 0 Å². The molecule has 0 aliphatic rings. The maximum absolute atomic E-state index is 11.8. The molecule has 0 saturated heterocycles. The van der Waals surface area contributed by atoms with Crippen molar-refractivity contribution >= 4 is 50.0 Å². The van der Waals surface area contributed by atoms with Gasteiger partial charge in [0.1, 0.15) is 12.4 Å². The van der Waals surface area contributed by atoms with Crippen molar-refractivity contribution in [3.8, 4) is 5.75 Å². The molecule has 5 aromatic rings. The number of aliphatic carboxylic acids is 1. The van der Waals surface area contributed by atoms with Crippen LogP contribution < -0.4 is 4.74 Å². The Bertz CT molecular complexity index is 1520. The van der Waals surface area contributed by atoms with Crippen molar-refractivity contribution in [1.29, 1.82) is 0 Å². The van der Waals surface area contributed by atoms with E-state index >= 15 is 0 Å². The molecule has 0 aliphatic carbocycles. The van der Waals surface area contributed by atoms with Gasteiger partial charge in [-0.05, 0) is 79.4 Å². The van der Waals surface area contributed by atoms with E-state index in [-0.39, 0.29) is 0 Å². The third-order valence-electron chi connectivity index (χ3n) is 6.17. The van der Waals surface area contributed by atoms with Gasteiger partial charge in [0.15, 0.2) is 0 Å². The average molecular weight is 505 g/mol. The number of hydrogen-bond acceptors (Lipinski definition) is 4. The van der Waals surface area contributed by atoms with Crippen LogP contribution in [0, 0.1) is 5.41 Å². The number of benzene rings is 2. The van der Waals surface area contributed by atoms with E-state index in [1.165, 1.54) is 0 Å². The highest BCUT2D eigenvalue weighted by Crippen LogP contribution is 2.31. The van der Waals surface area contributed by atoms with Crippen LogP contribution in [0.2, 0.25) is 5.02 Å². The van der Waals surface area contributed by atoms with Crippen molar-refractivity contribution in [3.05, 3.63) is 94.1 Å². The van der Waals surface area contributed by atoms with Crippen molar-refractivity contribution in [2.75, 3.05) is 0 Å². The van der Waals surface area contributed by atoms with Crippen LogP contribution in [-0.2, 0) is 24.4 Å². The van der Waals surface area contributed by atoms with Gasteiger partial charge in [-0.3, -0.25) is 4.79 Å². The van der Waals surface area contributed by atoms with Gasteiger partial charge < -0.3 is 14.4 Å². The molecule has 0 bridgehead atoms. The molecular weight excluding hydrogens is 480 g/mol. The van der Waals surface area contributed by atoms with Gasteiger partial charge in [0.05, 0.1) is 21.3 Å². The quantitative estimate of drug-likeness (QED) is 0.243. The monoisotopic (exact) mass is 504 g/mol. The van der Waals surface area contributed by atoms with Gasteiger partial charge >= 0.3 is 5.97 Å². The van der Waals surface area contributed by atoms with Crippen LogP contribution in [0.5, 0.6) is 5.75 Å². The Morgan fingerprint density at radius 2 is 1.89 bits per heavy atom. The Balaban J connectivity index is 1.45. The number of carbonyl (C=O) groups is 1. The first kappa shape index (κ1) is 23.4. The van der Waals surface area contributed by atoms with Crippen molar-refractivity contribution < 1.29 is 14.6 Å². The smallest absolute Gasteiger partial charge is 0.309 e. The maximum atomic E-state index is 11.8. The summed E-state index contributed by atoms with van der Waals surface area (Å²) in [6.07, 6.45) is 0.408. The van der Waals surface area contributed by atoms with Crippen molar-refractivity contribution in [3.63, 3.8) is 0 Å². The molecule has 0 amide bonds. The first-order valence-electron chi connectivity index (χ1n) is 11.3. The molecule has 3 heterocycles. The zero-order chi connectivity index (χ0) is 24.6. The third kappa shape index (κ3) is 5.04. The van der Waals surface area contributed by atoms with Gasteiger partial charge in [-0.15, -0.1) is 11.3 Å². The van der Waals surface area contributed by atoms with Crippen molar-refractivity contribution in [1.82, 2.24) is 9.55 Å². The normalized spacial score (nSPS) is 11.9. The Labute approximate surface area is 212 Å². The van der Waals surface area contributed by atoms with E-state index in [1.807, 2.05) is 60.0 Å². The molecule has 0 aliphatic heterocycles. The van der Waals surface area contributed by atoms with E-state index in [4.69, 9.17) is 16.3 Å². The minimum Gasteiger partial charge on any atom is -0.487 e. The fourth-order valence-corrected chi connectivity index (χ4v) is 5.01. The fraction of sp³-hybridized carbons (Fsp3) is 0.214. The van der Waals surface area contributed by atoms with Gasteiger partial charge in [0, 0.05) is 34.6 Å². The fourth-order valence-electron chi connectivity index (χ4n) is 4.16. The molecule has 5 nitrogen and oxygen atoms in total. The van der Waals surface area contributed by atoms with Crippen LogP contribution in [0.15, 0.2) is 72.1 Å². The molecule has 1 N–H and O–H groups in total. The van der Waals surface area contributed by atoms with E-state index in [0.29, 0.717) is 24.6 Å². The lowest BCUT2D eigenvalue weighted by molar-refractivity contribution is -0.146. The number of pyridine rings is 1. The largest absolute Gasteiger partial charge is 0.487 e. The van der Waals surface area contributed by atoms with Crippen LogP contribution in [0.25, 0.3) is 21.1 Å². The van der Waals surface area contributed by atoms with Gasteiger partial charge in [-0.2, -0.15) is 0 Å². The highest BCUT2D eigenvalue weighted by molar-refractivity contribution is 7.17. The number of hydrogen-bond donors (Lipinski definition) is 1. The van der Waals surface area contributed by atoms with Crippen LogP contribution in [0.1, 0.15) is 30.8 Å². The molecule has 35 heavy (non-hydrogen) atoms. The van der Waals surface area contributed by atoms with E-state index < -0.39 is 11.4 Å². The van der Waals surface area contributed by atoms with Gasteiger partial charge in [-0.1, -0.05) is 23.7 Å². The molecule has 0 saturated carbocycles. The first-order valence-corrected chi connectivity index (χ1v) is 12.6. The number of carboxylic acids is 1. The lowest BCUT2D eigenvalue weighted by atomic mass is 9.88. The van der Waals surface area contributed by atoms with E-state index in [1.54, 1.807) is 25.2 Å². The summed E-state index contributed by atoms with van der Waals surface area (Å²) >= 11 is 7.74. The maximum Gasteiger partial charge on any atom is 0.309 e. The number of halogens is 1. The topological polar surface area (TPSA) is 64.4 Å². The summed E-state index contributed by atoms with van der Waals surface area (Å²) in [6.45, 7) is 4.51. The number of nitrogens with zero attached hydrogens (tertiary/aromatic N) is 2. The van der Waals surface area contributed by atoms with E-state index in [9.17, 15) is 9.90 Å². The second-order valence-corrected chi connectivity index (χ2v) is 10.7. The molecule has 0 unspecified atom stereocenters. The summed E-state index contributed by atoms with van der Waals surface area (Å²) in [5.41, 5.74) is 4.05. The predicted octanol–water partition coefficient (Wildman–Crippen LogP) is 7.19. The molecule has 0 fully saturated rings. The van der Waals surface area contributed by atoms with Crippen molar-refractivity contribution in [2.24, 2.45) is 5.41 Å². The van der Waals surface area contributed by atoms with Crippen LogP contribution >= 0.6 is 22.9 Å². The van der Waals surface area contributed by atoms with Gasteiger partial charge in [0.2, 0.25) is 0 Å². The summed E-state index contributed by atoms with van der Waals surface area (Å²) in [6, 6.07) is 21.9. The Hall–Kier alpha value is -3.35. The summed E-state index contributed by atoms with van der Waals surface area (Å²) in [5.74, 6) is -0.0719. The van der Waals surface area contributed by atoms with Crippen LogP contribution in [0.3, 0.4) is 0 Å². The minimum absolute atomic E-state index is 0.377. The highest BCUT2D eigenvalue weighted by Gasteiger charge is 2.29. The number of ether oxygens (including phenoxy) is 1. The Kier molecular flexibility index (Phi) is 6.26. The lowest BCUT2D eigenvalue weighted by Gasteiger charge is -2.20. The molecular formula is C28H25ClN2O3S. The molecule has 2 aromatic carbocycles. The number of rotatable bonds is 8. The Morgan fingerprint density at radius 3 is 2.66 bits per heavy atom. The number of aromatic nitrogens is 2. The van der Waals surface area contributed by atoms with E-state index in [0.717, 1.165) is 43.8 Å². The van der Waals surface area contributed by atoms with Crippen LogP contribution in [-0.4, -0.2) is 20.6 Å². The molecule has 3 aromatic heterocycles. The summed E-state index contributed by atoms with van der Waals surface area (Å²) < 4.78 is 9.41.